The lowest BCUT2D eigenvalue weighted by Crippen LogP contribution is -2.45. The van der Waals surface area contributed by atoms with Crippen LogP contribution in [-0.2, 0) is 23.0 Å². The van der Waals surface area contributed by atoms with Crippen LogP contribution in [0.2, 0.25) is 0 Å². The maximum Gasteiger partial charge on any atom is 0.226 e. The molecule has 128 valence electrons. The van der Waals surface area contributed by atoms with Crippen molar-refractivity contribution in [1.82, 2.24) is 20.1 Å². The smallest absolute Gasteiger partial charge is 0.226 e. The Hall–Kier alpha value is -2.61. The average Bonchev–Trinajstić information content (AvgIpc) is 3.17. The molecular formula is C16H20N4O4. The van der Waals surface area contributed by atoms with Crippen LogP contribution in [0.25, 0.3) is 0 Å². The van der Waals surface area contributed by atoms with Crippen LogP contribution in [0.15, 0.2) is 30.7 Å². The van der Waals surface area contributed by atoms with Crippen molar-refractivity contribution in [2.24, 2.45) is 7.05 Å². The standard InChI is InChI=1S/C16H20N4O4/c1-20-8-11(7-18-20)24-15-10-23-9-13(15)19-16(21)6-12-14(22-2)4-3-5-17-12/h3-5,7-8,13,15H,6,9-10H2,1-2H3,(H,19,21)/t13-,15+/m0/s1. The largest absolute Gasteiger partial charge is 0.495 e. The summed E-state index contributed by atoms with van der Waals surface area (Å²) in [7, 11) is 3.37. The number of nitrogens with one attached hydrogen (secondary N) is 1. The van der Waals surface area contributed by atoms with Crippen LogP contribution in [0, 0.1) is 0 Å². The van der Waals surface area contributed by atoms with E-state index in [2.05, 4.69) is 15.4 Å². The minimum atomic E-state index is -0.247. The number of carbonyl (C=O) groups excluding carboxylic acids is 1. The molecule has 2 aromatic rings. The van der Waals surface area contributed by atoms with Gasteiger partial charge in [-0.3, -0.25) is 14.5 Å². The number of rotatable bonds is 6. The molecule has 3 rings (SSSR count). The Morgan fingerprint density at radius 3 is 3.12 bits per heavy atom. The van der Waals surface area contributed by atoms with Crippen molar-refractivity contribution in [2.75, 3.05) is 20.3 Å². The zero-order chi connectivity index (χ0) is 16.9. The summed E-state index contributed by atoms with van der Waals surface area (Å²) in [5.74, 6) is 1.10. The van der Waals surface area contributed by atoms with Crippen LogP contribution in [0.5, 0.6) is 11.5 Å². The van der Waals surface area contributed by atoms with E-state index >= 15 is 0 Å². The van der Waals surface area contributed by atoms with Crippen LogP contribution in [0.1, 0.15) is 5.69 Å². The lowest BCUT2D eigenvalue weighted by molar-refractivity contribution is -0.121. The summed E-state index contributed by atoms with van der Waals surface area (Å²) in [5, 5.41) is 7.01. The second kappa shape index (κ2) is 7.31. The van der Waals surface area contributed by atoms with Crippen molar-refractivity contribution in [3.05, 3.63) is 36.4 Å². The number of aryl methyl sites for hydroxylation is 1. The van der Waals surface area contributed by atoms with E-state index in [1.807, 2.05) is 7.05 Å². The third-order valence-corrected chi connectivity index (χ3v) is 3.74. The summed E-state index contributed by atoms with van der Waals surface area (Å²) >= 11 is 0. The van der Waals surface area contributed by atoms with Crippen LogP contribution in [-0.4, -0.2) is 53.1 Å². The number of methoxy groups -OCH3 is 1. The summed E-state index contributed by atoms with van der Waals surface area (Å²) in [6, 6.07) is 3.33. The van der Waals surface area contributed by atoms with E-state index in [9.17, 15) is 4.79 Å². The van der Waals surface area contributed by atoms with Gasteiger partial charge in [0.05, 0.1) is 50.9 Å². The molecule has 1 aliphatic heterocycles. The lowest BCUT2D eigenvalue weighted by Gasteiger charge is -2.19. The highest BCUT2D eigenvalue weighted by Gasteiger charge is 2.31. The van der Waals surface area contributed by atoms with Gasteiger partial charge in [-0.25, -0.2) is 0 Å². The number of hydrogen-bond acceptors (Lipinski definition) is 6. The molecule has 1 aliphatic rings. The second-order valence-corrected chi connectivity index (χ2v) is 5.55. The molecule has 8 nitrogen and oxygen atoms in total. The zero-order valence-electron chi connectivity index (χ0n) is 13.6. The zero-order valence-corrected chi connectivity index (χ0v) is 13.6. The lowest BCUT2D eigenvalue weighted by atomic mass is 10.2. The summed E-state index contributed by atoms with van der Waals surface area (Å²) in [5.41, 5.74) is 0.598. The van der Waals surface area contributed by atoms with Crippen LogP contribution in [0.3, 0.4) is 0 Å². The highest BCUT2D eigenvalue weighted by atomic mass is 16.5. The van der Waals surface area contributed by atoms with E-state index in [-0.39, 0.29) is 24.5 Å². The van der Waals surface area contributed by atoms with Gasteiger partial charge in [-0.1, -0.05) is 0 Å². The minimum Gasteiger partial charge on any atom is -0.495 e. The number of pyridine rings is 1. The molecule has 0 aromatic carbocycles. The molecule has 1 N–H and O–H groups in total. The van der Waals surface area contributed by atoms with E-state index < -0.39 is 0 Å². The van der Waals surface area contributed by atoms with Crippen molar-refractivity contribution >= 4 is 5.91 Å². The van der Waals surface area contributed by atoms with E-state index in [0.29, 0.717) is 30.4 Å². The van der Waals surface area contributed by atoms with E-state index in [1.54, 1.807) is 42.5 Å². The Morgan fingerprint density at radius 2 is 2.38 bits per heavy atom. The SMILES string of the molecule is COc1cccnc1CC(=O)N[C@H]1COC[C@H]1Oc1cnn(C)c1. The number of carbonyl (C=O) groups is 1. The summed E-state index contributed by atoms with van der Waals surface area (Å²) in [4.78, 5) is 16.5. The fraction of sp³-hybridized carbons (Fsp3) is 0.438. The van der Waals surface area contributed by atoms with Crippen molar-refractivity contribution in [3.63, 3.8) is 0 Å². The minimum absolute atomic E-state index is 0.139. The van der Waals surface area contributed by atoms with Crippen LogP contribution < -0.4 is 14.8 Å². The Bertz CT molecular complexity index is 703. The summed E-state index contributed by atoms with van der Waals surface area (Å²) in [6.45, 7) is 0.836. The fourth-order valence-corrected chi connectivity index (χ4v) is 2.57. The average molecular weight is 332 g/mol. The number of amides is 1. The third-order valence-electron chi connectivity index (χ3n) is 3.74. The first-order chi connectivity index (χ1) is 11.7. The van der Waals surface area contributed by atoms with E-state index in [0.717, 1.165) is 0 Å². The van der Waals surface area contributed by atoms with Gasteiger partial charge in [-0.05, 0) is 12.1 Å². The number of nitrogens with zero attached hydrogens (tertiary/aromatic N) is 3. The van der Waals surface area contributed by atoms with Gasteiger partial charge < -0.3 is 19.5 Å². The van der Waals surface area contributed by atoms with Gasteiger partial charge in [0, 0.05) is 13.2 Å². The highest BCUT2D eigenvalue weighted by Crippen LogP contribution is 2.18. The molecule has 0 bridgehead atoms. The molecule has 8 heteroatoms. The number of hydrogen-bond donors (Lipinski definition) is 1. The normalized spacial score (nSPS) is 19.9. The molecule has 0 spiro atoms. The van der Waals surface area contributed by atoms with Crippen molar-refractivity contribution in [1.29, 1.82) is 0 Å². The second-order valence-electron chi connectivity index (χ2n) is 5.55. The molecule has 1 saturated heterocycles. The Labute approximate surface area is 139 Å². The topological polar surface area (TPSA) is 87.5 Å². The molecule has 0 unspecified atom stereocenters. The monoisotopic (exact) mass is 332 g/mol. The van der Waals surface area contributed by atoms with Gasteiger partial charge in [0.2, 0.25) is 5.91 Å². The van der Waals surface area contributed by atoms with Crippen LogP contribution >= 0.6 is 0 Å². The van der Waals surface area contributed by atoms with Gasteiger partial charge >= 0.3 is 0 Å². The van der Waals surface area contributed by atoms with Gasteiger partial charge in [-0.15, -0.1) is 0 Å². The Kier molecular flexibility index (Phi) is 4.95. The van der Waals surface area contributed by atoms with E-state index in [4.69, 9.17) is 14.2 Å². The summed E-state index contributed by atoms with van der Waals surface area (Å²) in [6.07, 6.45) is 4.94. The van der Waals surface area contributed by atoms with Gasteiger partial charge in [0.25, 0.3) is 0 Å². The molecule has 24 heavy (non-hydrogen) atoms. The first kappa shape index (κ1) is 16.3. The molecule has 0 aliphatic carbocycles. The molecule has 1 fully saturated rings. The number of ether oxygens (including phenoxy) is 3. The maximum absolute atomic E-state index is 12.3. The van der Waals surface area contributed by atoms with Gasteiger partial charge in [-0.2, -0.15) is 5.10 Å². The number of aromatic nitrogens is 3. The first-order valence-electron chi connectivity index (χ1n) is 7.66. The molecule has 2 atom stereocenters. The highest BCUT2D eigenvalue weighted by molar-refractivity contribution is 5.79. The molecular weight excluding hydrogens is 312 g/mol. The Morgan fingerprint density at radius 1 is 1.50 bits per heavy atom. The van der Waals surface area contributed by atoms with E-state index in [1.165, 1.54) is 0 Å². The maximum atomic E-state index is 12.3. The molecule has 2 aromatic heterocycles. The summed E-state index contributed by atoms with van der Waals surface area (Å²) < 4.78 is 18.2. The fourth-order valence-electron chi connectivity index (χ4n) is 2.57. The van der Waals surface area contributed by atoms with Gasteiger partial charge in [0.1, 0.15) is 11.9 Å². The molecule has 3 heterocycles. The van der Waals surface area contributed by atoms with Crippen molar-refractivity contribution in [3.8, 4) is 11.5 Å². The van der Waals surface area contributed by atoms with Crippen molar-refractivity contribution < 1.29 is 19.0 Å². The molecule has 1 amide bonds. The third kappa shape index (κ3) is 3.83. The predicted molar refractivity (Wildman–Crippen MR) is 84.9 cm³/mol. The first-order valence-corrected chi connectivity index (χ1v) is 7.66. The van der Waals surface area contributed by atoms with Crippen LogP contribution in [0.4, 0.5) is 0 Å². The van der Waals surface area contributed by atoms with Crippen molar-refractivity contribution in [2.45, 2.75) is 18.6 Å². The van der Waals surface area contributed by atoms with Gasteiger partial charge in [0.15, 0.2) is 5.75 Å². The predicted octanol–water partition coefficient (Wildman–Crippen LogP) is 0.329. The molecule has 0 radical (unpaired) electrons. The quantitative estimate of drug-likeness (QED) is 0.820. The molecule has 0 saturated carbocycles. The Balaban J connectivity index is 1.58.